The molecule has 0 spiro atoms. The summed E-state index contributed by atoms with van der Waals surface area (Å²) in [5.74, 6) is -0.429. The molecule has 0 aliphatic carbocycles. The molecule has 0 unspecified atom stereocenters. The molecule has 2 aromatic carbocycles. The molecule has 6 heteroatoms. The Labute approximate surface area is 174 Å². The largest absolute Gasteiger partial charge is 0.382 e. The third-order valence-corrected chi connectivity index (χ3v) is 5.08. The Bertz CT molecular complexity index is 1210. The third kappa shape index (κ3) is 3.80. The van der Waals surface area contributed by atoms with Gasteiger partial charge in [0, 0.05) is 18.2 Å². The second-order valence-corrected chi connectivity index (χ2v) is 7.17. The summed E-state index contributed by atoms with van der Waals surface area (Å²) in [4.78, 5) is 30.8. The highest BCUT2D eigenvalue weighted by molar-refractivity contribution is 6.06. The van der Waals surface area contributed by atoms with Crippen LogP contribution in [0, 0.1) is 6.92 Å². The van der Waals surface area contributed by atoms with Gasteiger partial charge in [0.15, 0.2) is 5.82 Å². The average Bonchev–Trinajstić information content (AvgIpc) is 3.09. The first-order valence-electron chi connectivity index (χ1n) is 9.72. The topological polar surface area (TPSA) is 89.5 Å². The number of carbonyl (C=O) groups is 2. The van der Waals surface area contributed by atoms with Crippen LogP contribution in [0.3, 0.4) is 0 Å². The van der Waals surface area contributed by atoms with Crippen LogP contribution in [0.5, 0.6) is 0 Å². The summed E-state index contributed by atoms with van der Waals surface area (Å²) in [6.07, 6.45) is 2.09. The van der Waals surface area contributed by atoms with Crippen LogP contribution in [-0.2, 0) is 6.42 Å². The lowest BCUT2D eigenvalue weighted by molar-refractivity contribution is 0.0854. The predicted octanol–water partition coefficient (Wildman–Crippen LogP) is 3.45. The van der Waals surface area contributed by atoms with Gasteiger partial charge in [-0.05, 0) is 36.2 Å². The van der Waals surface area contributed by atoms with E-state index in [1.54, 1.807) is 28.8 Å². The van der Waals surface area contributed by atoms with Crippen LogP contribution in [0.1, 0.15) is 32.0 Å². The van der Waals surface area contributed by atoms with Gasteiger partial charge < -0.3 is 11.1 Å². The summed E-state index contributed by atoms with van der Waals surface area (Å²) >= 11 is 0. The Morgan fingerprint density at radius 1 is 1.00 bits per heavy atom. The molecule has 0 bridgehead atoms. The van der Waals surface area contributed by atoms with E-state index in [9.17, 15) is 9.59 Å². The number of aryl methyl sites for hydroxylation is 1. The van der Waals surface area contributed by atoms with Crippen molar-refractivity contribution in [3.05, 3.63) is 101 Å². The molecule has 4 aromatic rings. The molecule has 2 heterocycles. The maximum Gasteiger partial charge on any atom is 0.252 e. The van der Waals surface area contributed by atoms with Crippen LogP contribution in [0.15, 0.2) is 79.0 Å². The van der Waals surface area contributed by atoms with Crippen LogP contribution in [0.2, 0.25) is 0 Å². The van der Waals surface area contributed by atoms with Gasteiger partial charge in [0.25, 0.3) is 5.91 Å². The van der Waals surface area contributed by atoms with Crippen LogP contribution in [-0.4, -0.2) is 27.1 Å². The molecule has 30 heavy (non-hydrogen) atoms. The number of imidazole rings is 1. The van der Waals surface area contributed by atoms with E-state index in [0.717, 1.165) is 11.1 Å². The van der Waals surface area contributed by atoms with E-state index in [-0.39, 0.29) is 23.2 Å². The molecule has 6 nitrogen and oxygen atoms in total. The Morgan fingerprint density at radius 3 is 2.47 bits per heavy atom. The standard InChI is InChI=1S/C24H22N4O2/c1-16-9-5-6-12-18(16)24(30)26-19(15-17-10-3-2-4-11-17)22(29)21-23(25)27-20-13-7-8-14-28(20)21/h2-14,19H,15,25H2,1H3,(H,26,30)/t19-/m0/s1. The highest BCUT2D eigenvalue weighted by Crippen LogP contribution is 2.19. The van der Waals surface area contributed by atoms with Crippen molar-refractivity contribution in [3.8, 4) is 0 Å². The number of hydrogen-bond acceptors (Lipinski definition) is 4. The maximum atomic E-state index is 13.5. The van der Waals surface area contributed by atoms with E-state index in [1.165, 1.54) is 0 Å². The Kier molecular flexibility index (Phi) is 5.30. The van der Waals surface area contributed by atoms with Crippen LogP contribution < -0.4 is 11.1 Å². The molecular weight excluding hydrogens is 376 g/mol. The van der Waals surface area contributed by atoms with Gasteiger partial charge in [-0.15, -0.1) is 0 Å². The number of benzene rings is 2. The summed E-state index contributed by atoms with van der Waals surface area (Å²) < 4.78 is 1.66. The number of ketones is 1. The average molecular weight is 398 g/mol. The van der Waals surface area contributed by atoms with Gasteiger partial charge in [-0.25, -0.2) is 4.98 Å². The number of nitrogens with two attached hydrogens (primary N) is 1. The number of fused-ring (bicyclic) bond motifs is 1. The first kappa shape index (κ1) is 19.4. The molecule has 150 valence electrons. The van der Waals surface area contributed by atoms with Crippen molar-refractivity contribution in [2.24, 2.45) is 0 Å². The zero-order valence-corrected chi connectivity index (χ0v) is 16.6. The SMILES string of the molecule is Cc1ccccc1C(=O)N[C@@H](Cc1ccccc1)C(=O)c1c(N)nc2ccccn12. The monoisotopic (exact) mass is 398 g/mol. The van der Waals surface area contributed by atoms with Crippen molar-refractivity contribution in [1.29, 1.82) is 0 Å². The van der Waals surface area contributed by atoms with Crippen LogP contribution in [0.4, 0.5) is 5.82 Å². The maximum absolute atomic E-state index is 13.5. The fraction of sp³-hybridized carbons (Fsp3) is 0.125. The molecule has 0 fully saturated rings. The molecule has 1 amide bonds. The number of carbonyl (C=O) groups excluding carboxylic acids is 2. The zero-order valence-electron chi connectivity index (χ0n) is 16.6. The number of nitrogen functional groups attached to an aromatic ring is 1. The fourth-order valence-corrected chi connectivity index (χ4v) is 3.55. The Hall–Kier alpha value is -3.93. The molecule has 0 saturated heterocycles. The number of pyridine rings is 1. The van der Waals surface area contributed by atoms with Crippen molar-refractivity contribution < 1.29 is 9.59 Å². The molecule has 4 rings (SSSR count). The van der Waals surface area contributed by atoms with Gasteiger partial charge in [-0.1, -0.05) is 54.6 Å². The van der Waals surface area contributed by atoms with Crippen LogP contribution >= 0.6 is 0 Å². The molecular formula is C24H22N4O2. The minimum atomic E-state index is -0.790. The highest BCUT2D eigenvalue weighted by Gasteiger charge is 2.28. The van der Waals surface area contributed by atoms with Crippen molar-refractivity contribution >= 4 is 23.2 Å². The number of hydrogen-bond donors (Lipinski definition) is 2. The number of aromatic nitrogens is 2. The van der Waals surface area contributed by atoms with Crippen molar-refractivity contribution in [3.63, 3.8) is 0 Å². The number of amides is 1. The number of anilines is 1. The van der Waals surface area contributed by atoms with Crippen molar-refractivity contribution in [2.75, 3.05) is 5.73 Å². The fourth-order valence-electron chi connectivity index (χ4n) is 3.55. The van der Waals surface area contributed by atoms with Crippen LogP contribution in [0.25, 0.3) is 5.65 Å². The van der Waals surface area contributed by atoms with Gasteiger partial charge in [0.05, 0.1) is 6.04 Å². The molecule has 2 aromatic heterocycles. The first-order valence-corrected chi connectivity index (χ1v) is 9.72. The molecule has 0 aliphatic heterocycles. The van der Waals surface area contributed by atoms with E-state index >= 15 is 0 Å². The highest BCUT2D eigenvalue weighted by atomic mass is 16.2. The van der Waals surface area contributed by atoms with E-state index in [2.05, 4.69) is 10.3 Å². The minimum Gasteiger partial charge on any atom is -0.382 e. The van der Waals surface area contributed by atoms with Crippen molar-refractivity contribution in [1.82, 2.24) is 14.7 Å². The Balaban J connectivity index is 1.71. The van der Waals surface area contributed by atoms with Gasteiger partial charge in [0.1, 0.15) is 11.3 Å². The summed E-state index contributed by atoms with van der Waals surface area (Å²) in [5, 5.41) is 2.92. The lowest BCUT2D eigenvalue weighted by atomic mass is 9.99. The molecule has 0 saturated carbocycles. The predicted molar refractivity (Wildman–Crippen MR) is 117 cm³/mol. The summed E-state index contributed by atoms with van der Waals surface area (Å²) in [6.45, 7) is 1.87. The third-order valence-electron chi connectivity index (χ3n) is 5.08. The first-order chi connectivity index (χ1) is 14.5. The second kappa shape index (κ2) is 8.21. The minimum absolute atomic E-state index is 0.148. The van der Waals surface area contributed by atoms with Gasteiger partial charge >= 0.3 is 0 Å². The number of rotatable bonds is 6. The van der Waals surface area contributed by atoms with E-state index in [4.69, 9.17) is 5.73 Å². The number of nitrogens with zero attached hydrogens (tertiary/aromatic N) is 2. The Morgan fingerprint density at radius 2 is 1.70 bits per heavy atom. The van der Waals surface area contributed by atoms with Gasteiger partial charge in [-0.3, -0.25) is 14.0 Å². The summed E-state index contributed by atoms with van der Waals surface area (Å²) in [5.41, 5.74) is 9.26. The lowest BCUT2D eigenvalue weighted by Gasteiger charge is -2.19. The number of Topliss-reactive ketones (excluding diaryl/α,β-unsaturated/α-hetero) is 1. The molecule has 0 aliphatic rings. The normalized spacial score (nSPS) is 11.9. The van der Waals surface area contributed by atoms with Gasteiger partial charge in [-0.2, -0.15) is 0 Å². The van der Waals surface area contributed by atoms with Crippen molar-refractivity contribution in [2.45, 2.75) is 19.4 Å². The molecule has 1 atom stereocenters. The quantitative estimate of drug-likeness (QED) is 0.487. The zero-order chi connectivity index (χ0) is 21.1. The van der Waals surface area contributed by atoms with E-state index in [0.29, 0.717) is 17.6 Å². The molecule has 3 N–H and O–H groups in total. The van der Waals surface area contributed by atoms with E-state index < -0.39 is 6.04 Å². The molecule has 0 radical (unpaired) electrons. The summed E-state index contributed by atoms with van der Waals surface area (Å²) in [7, 11) is 0. The lowest BCUT2D eigenvalue weighted by Crippen LogP contribution is -2.43. The summed E-state index contributed by atoms with van der Waals surface area (Å²) in [6, 6.07) is 21.5. The van der Waals surface area contributed by atoms with Gasteiger partial charge in [0.2, 0.25) is 5.78 Å². The number of nitrogens with one attached hydrogen (secondary N) is 1. The second-order valence-electron chi connectivity index (χ2n) is 7.17. The smallest absolute Gasteiger partial charge is 0.252 e. The van der Waals surface area contributed by atoms with E-state index in [1.807, 2.05) is 61.5 Å².